The monoisotopic (exact) mass is 224 g/mol. The van der Waals surface area contributed by atoms with E-state index in [2.05, 4.69) is 5.32 Å². The van der Waals surface area contributed by atoms with Gasteiger partial charge >= 0.3 is 12.0 Å². The molecule has 3 amide bonds. The van der Waals surface area contributed by atoms with Gasteiger partial charge in [-0.1, -0.05) is 0 Å². The van der Waals surface area contributed by atoms with Gasteiger partial charge in [0, 0.05) is 0 Å². The average Bonchev–Trinajstić information content (AvgIpc) is 2.80. The Balaban J connectivity index is 2.19. The Morgan fingerprint density at radius 2 is 2.31 bits per heavy atom. The lowest BCUT2D eigenvalue weighted by Gasteiger charge is -2.08. The van der Waals surface area contributed by atoms with Crippen LogP contribution in [-0.2, 0) is 9.59 Å². The van der Waals surface area contributed by atoms with Crippen LogP contribution in [0, 0.1) is 0 Å². The molecule has 0 aliphatic carbocycles. The number of furan rings is 1. The van der Waals surface area contributed by atoms with Gasteiger partial charge in [-0.05, 0) is 12.1 Å². The molecule has 0 saturated carbocycles. The Hall–Kier alpha value is -2.31. The molecule has 7 heteroatoms. The first-order chi connectivity index (χ1) is 7.59. The SMILES string of the molecule is O=C(O)CN1C(=O)N[C@@H](c2ccco2)C1=O. The van der Waals surface area contributed by atoms with Crippen molar-refractivity contribution in [2.75, 3.05) is 6.54 Å². The van der Waals surface area contributed by atoms with Crippen molar-refractivity contribution in [2.24, 2.45) is 0 Å². The van der Waals surface area contributed by atoms with Gasteiger partial charge in [0.2, 0.25) is 0 Å². The number of carboxylic acids is 1. The van der Waals surface area contributed by atoms with Crippen molar-refractivity contribution in [3.63, 3.8) is 0 Å². The largest absolute Gasteiger partial charge is 0.480 e. The zero-order valence-electron chi connectivity index (χ0n) is 8.04. The van der Waals surface area contributed by atoms with Crippen molar-refractivity contribution >= 4 is 17.9 Å². The van der Waals surface area contributed by atoms with E-state index < -0.39 is 30.5 Å². The molecule has 1 atom stereocenters. The summed E-state index contributed by atoms with van der Waals surface area (Å²) in [5.74, 6) is -1.59. The van der Waals surface area contributed by atoms with E-state index in [-0.39, 0.29) is 5.76 Å². The molecular formula is C9H8N2O5. The molecule has 1 aliphatic rings. The Labute approximate surface area is 89.6 Å². The minimum atomic E-state index is -1.25. The highest BCUT2D eigenvalue weighted by Crippen LogP contribution is 2.21. The number of hydrogen-bond acceptors (Lipinski definition) is 4. The predicted octanol–water partition coefficient (Wildman–Crippen LogP) is -0.0429. The molecule has 16 heavy (non-hydrogen) atoms. The van der Waals surface area contributed by atoms with Gasteiger partial charge in [-0.3, -0.25) is 14.5 Å². The summed E-state index contributed by atoms with van der Waals surface area (Å²) in [5.41, 5.74) is 0. The fourth-order valence-corrected chi connectivity index (χ4v) is 1.45. The lowest BCUT2D eigenvalue weighted by atomic mass is 10.2. The normalized spacial score (nSPS) is 20.0. The Morgan fingerprint density at radius 1 is 1.56 bits per heavy atom. The second-order valence-electron chi connectivity index (χ2n) is 3.22. The molecule has 1 fully saturated rings. The highest BCUT2D eigenvalue weighted by atomic mass is 16.4. The van der Waals surface area contributed by atoms with Crippen LogP contribution in [0.4, 0.5) is 4.79 Å². The van der Waals surface area contributed by atoms with Gasteiger partial charge in [0.1, 0.15) is 12.3 Å². The van der Waals surface area contributed by atoms with Crippen LogP contribution in [0.25, 0.3) is 0 Å². The van der Waals surface area contributed by atoms with E-state index >= 15 is 0 Å². The van der Waals surface area contributed by atoms with Crippen LogP contribution in [-0.4, -0.2) is 34.5 Å². The van der Waals surface area contributed by atoms with E-state index in [9.17, 15) is 14.4 Å². The number of aliphatic carboxylic acids is 1. The molecule has 1 aromatic heterocycles. The summed E-state index contributed by atoms with van der Waals surface area (Å²) in [6, 6.07) is 1.46. The second kappa shape index (κ2) is 3.69. The third-order valence-electron chi connectivity index (χ3n) is 2.15. The van der Waals surface area contributed by atoms with Crippen LogP contribution < -0.4 is 5.32 Å². The summed E-state index contributed by atoms with van der Waals surface area (Å²) < 4.78 is 4.98. The van der Waals surface area contributed by atoms with Crippen molar-refractivity contribution in [3.8, 4) is 0 Å². The number of carboxylic acid groups (broad SMARTS) is 1. The Kier molecular flexibility index (Phi) is 2.35. The zero-order chi connectivity index (χ0) is 11.7. The molecule has 0 radical (unpaired) electrons. The van der Waals surface area contributed by atoms with Crippen molar-refractivity contribution in [1.82, 2.24) is 10.2 Å². The zero-order valence-corrected chi connectivity index (χ0v) is 8.04. The molecule has 0 bridgehead atoms. The van der Waals surface area contributed by atoms with Gasteiger partial charge in [0.15, 0.2) is 6.04 Å². The summed E-state index contributed by atoms with van der Waals surface area (Å²) in [5, 5.41) is 10.9. The summed E-state index contributed by atoms with van der Waals surface area (Å²) >= 11 is 0. The molecule has 0 aromatic carbocycles. The topological polar surface area (TPSA) is 99.8 Å². The number of amides is 3. The van der Waals surface area contributed by atoms with Gasteiger partial charge in [-0.25, -0.2) is 4.79 Å². The molecule has 1 aliphatic heterocycles. The van der Waals surface area contributed by atoms with Gasteiger partial charge in [-0.2, -0.15) is 0 Å². The maximum atomic E-state index is 11.7. The highest BCUT2D eigenvalue weighted by Gasteiger charge is 2.41. The van der Waals surface area contributed by atoms with Gasteiger partial charge in [-0.15, -0.1) is 0 Å². The number of urea groups is 1. The van der Waals surface area contributed by atoms with Crippen molar-refractivity contribution in [1.29, 1.82) is 0 Å². The minimum absolute atomic E-state index is 0.284. The average molecular weight is 224 g/mol. The second-order valence-corrected chi connectivity index (χ2v) is 3.22. The molecule has 1 saturated heterocycles. The van der Waals surface area contributed by atoms with Crippen LogP contribution in [0.15, 0.2) is 22.8 Å². The first-order valence-corrected chi connectivity index (χ1v) is 4.46. The van der Waals surface area contributed by atoms with Crippen LogP contribution in [0.5, 0.6) is 0 Å². The fraction of sp³-hybridized carbons (Fsp3) is 0.222. The fourth-order valence-electron chi connectivity index (χ4n) is 1.45. The van der Waals surface area contributed by atoms with Crippen molar-refractivity contribution < 1.29 is 23.9 Å². The van der Waals surface area contributed by atoms with E-state index in [0.717, 1.165) is 0 Å². The van der Waals surface area contributed by atoms with E-state index in [1.165, 1.54) is 12.3 Å². The molecular weight excluding hydrogens is 216 g/mol. The Bertz CT molecular complexity index is 439. The molecule has 1 aromatic rings. The maximum absolute atomic E-state index is 11.7. The molecule has 0 spiro atoms. The summed E-state index contributed by atoms with van der Waals surface area (Å²) in [4.78, 5) is 34.1. The number of carbonyl (C=O) groups excluding carboxylic acids is 2. The summed E-state index contributed by atoms with van der Waals surface area (Å²) in [6.07, 6.45) is 1.37. The predicted molar refractivity (Wildman–Crippen MR) is 49.3 cm³/mol. The van der Waals surface area contributed by atoms with Crippen LogP contribution in [0.2, 0.25) is 0 Å². The molecule has 84 valence electrons. The lowest BCUT2D eigenvalue weighted by Crippen LogP contribution is -2.35. The number of nitrogens with zero attached hydrogens (tertiary/aromatic N) is 1. The summed E-state index contributed by atoms with van der Waals surface area (Å²) in [7, 11) is 0. The van der Waals surface area contributed by atoms with Crippen molar-refractivity contribution in [3.05, 3.63) is 24.2 Å². The molecule has 0 unspecified atom stereocenters. The van der Waals surface area contributed by atoms with E-state index in [1.54, 1.807) is 6.07 Å². The number of carbonyl (C=O) groups is 3. The quantitative estimate of drug-likeness (QED) is 0.701. The van der Waals surface area contributed by atoms with Crippen molar-refractivity contribution in [2.45, 2.75) is 6.04 Å². The van der Waals surface area contributed by atoms with E-state index in [1.807, 2.05) is 0 Å². The molecule has 2 rings (SSSR count). The van der Waals surface area contributed by atoms with Crippen LogP contribution >= 0.6 is 0 Å². The van der Waals surface area contributed by atoms with Crippen LogP contribution in [0.3, 0.4) is 0 Å². The van der Waals surface area contributed by atoms with Gasteiger partial charge in [0.25, 0.3) is 5.91 Å². The summed E-state index contributed by atoms with van der Waals surface area (Å²) in [6.45, 7) is -0.651. The smallest absolute Gasteiger partial charge is 0.325 e. The third kappa shape index (κ3) is 1.62. The molecule has 2 heterocycles. The van der Waals surface area contributed by atoms with Gasteiger partial charge in [0.05, 0.1) is 6.26 Å². The van der Waals surface area contributed by atoms with Crippen LogP contribution in [0.1, 0.15) is 11.8 Å². The molecule has 7 nitrogen and oxygen atoms in total. The number of rotatable bonds is 3. The lowest BCUT2D eigenvalue weighted by molar-refractivity contribution is -0.141. The maximum Gasteiger partial charge on any atom is 0.325 e. The van der Waals surface area contributed by atoms with E-state index in [0.29, 0.717) is 4.90 Å². The minimum Gasteiger partial charge on any atom is -0.480 e. The number of hydrogen-bond donors (Lipinski definition) is 2. The Morgan fingerprint density at radius 3 is 2.88 bits per heavy atom. The third-order valence-corrected chi connectivity index (χ3v) is 2.15. The number of nitrogens with one attached hydrogen (secondary N) is 1. The first kappa shape index (κ1) is 10.2. The standard InChI is InChI=1S/C9H8N2O5/c12-6(13)4-11-8(14)7(10-9(11)15)5-2-1-3-16-5/h1-3,7H,4H2,(H,10,15)(H,12,13)/t7-/m0/s1. The van der Waals surface area contributed by atoms with E-state index in [4.69, 9.17) is 9.52 Å². The first-order valence-electron chi connectivity index (χ1n) is 4.46. The highest BCUT2D eigenvalue weighted by molar-refractivity contribution is 6.06. The van der Waals surface area contributed by atoms with Gasteiger partial charge < -0.3 is 14.8 Å². The molecule has 2 N–H and O–H groups in total. The number of imide groups is 1.